The van der Waals surface area contributed by atoms with Crippen LogP contribution in [0.2, 0.25) is 0 Å². The molecule has 2 heterocycles. The van der Waals surface area contributed by atoms with Crippen LogP contribution < -0.4 is 10.6 Å². The number of amides is 3. The van der Waals surface area contributed by atoms with Gasteiger partial charge in [0, 0.05) is 35.7 Å². The highest BCUT2D eigenvalue weighted by atomic mass is 19.1. The predicted molar refractivity (Wildman–Crippen MR) is 123 cm³/mol. The van der Waals surface area contributed by atoms with Crippen molar-refractivity contribution in [2.24, 2.45) is 5.92 Å². The van der Waals surface area contributed by atoms with Crippen LogP contribution in [-0.2, 0) is 24.2 Å². The number of anilines is 2. The summed E-state index contributed by atoms with van der Waals surface area (Å²) in [6.45, 7) is 3.25. The summed E-state index contributed by atoms with van der Waals surface area (Å²) in [5, 5.41) is 12.8. The first-order chi connectivity index (χ1) is 16.0. The number of urea groups is 1. The molecule has 2 atom stereocenters. The van der Waals surface area contributed by atoms with Gasteiger partial charge < -0.3 is 15.5 Å². The molecular weight excluding hydrogens is 421 g/mol. The Labute approximate surface area is 191 Å². The van der Waals surface area contributed by atoms with E-state index < -0.39 is 6.03 Å². The van der Waals surface area contributed by atoms with Crippen molar-refractivity contribution in [3.63, 3.8) is 0 Å². The number of hydrogen-bond donors (Lipinski definition) is 3. The van der Waals surface area contributed by atoms with Crippen molar-refractivity contribution >= 4 is 23.3 Å². The van der Waals surface area contributed by atoms with Crippen molar-refractivity contribution in [1.82, 2.24) is 15.1 Å². The minimum atomic E-state index is -0.392. The van der Waals surface area contributed by atoms with Gasteiger partial charge in [-0.25, -0.2) is 9.18 Å². The van der Waals surface area contributed by atoms with Gasteiger partial charge in [0.2, 0.25) is 5.91 Å². The smallest absolute Gasteiger partial charge is 0.323 e. The van der Waals surface area contributed by atoms with Crippen molar-refractivity contribution in [3.05, 3.63) is 76.9 Å². The quantitative estimate of drug-likeness (QED) is 0.554. The molecular formula is C25H26FN5O2. The molecule has 2 aliphatic rings. The predicted octanol–water partition coefficient (Wildman–Crippen LogP) is 4.44. The zero-order valence-corrected chi connectivity index (χ0v) is 18.4. The van der Waals surface area contributed by atoms with E-state index in [9.17, 15) is 14.0 Å². The topological polar surface area (TPSA) is 90.1 Å². The van der Waals surface area contributed by atoms with Crippen LogP contribution in [0.5, 0.6) is 0 Å². The fraction of sp³-hybridized carbons (Fsp3) is 0.320. The molecule has 3 aromatic rings. The van der Waals surface area contributed by atoms with Crippen LogP contribution in [0.3, 0.4) is 0 Å². The summed E-state index contributed by atoms with van der Waals surface area (Å²) in [5.41, 5.74) is 5.40. The summed E-state index contributed by atoms with van der Waals surface area (Å²) >= 11 is 0. The second-order valence-electron chi connectivity index (χ2n) is 8.84. The Balaban J connectivity index is 1.30. The first-order valence-corrected chi connectivity index (χ1v) is 11.2. The number of rotatable bonds is 3. The number of aromatic amines is 1. The summed E-state index contributed by atoms with van der Waals surface area (Å²) in [6, 6.07) is 11.0. The van der Waals surface area contributed by atoms with Crippen molar-refractivity contribution < 1.29 is 14.0 Å². The third-order valence-corrected chi connectivity index (χ3v) is 6.70. The molecule has 170 valence electrons. The number of nitrogens with one attached hydrogen (secondary N) is 3. The number of carbonyl (C=O) groups is 2. The Bertz CT molecular complexity index is 1190. The number of carbonyl (C=O) groups excluding carboxylic acids is 2. The normalized spacial score (nSPS) is 19.4. The maximum absolute atomic E-state index is 13.5. The highest BCUT2D eigenvalue weighted by Crippen LogP contribution is 2.37. The van der Waals surface area contributed by atoms with Gasteiger partial charge in [-0.1, -0.05) is 19.1 Å². The lowest BCUT2D eigenvalue weighted by atomic mass is 9.78. The van der Waals surface area contributed by atoms with E-state index in [1.165, 1.54) is 24.3 Å². The molecule has 1 aliphatic heterocycles. The zero-order valence-electron chi connectivity index (χ0n) is 18.4. The van der Waals surface area contributed by atoms with Gasteiger partial charge >= 0.3 is 6.03 Å². The van der Waals surface area contributed by atoms with Gasteiger partial charge in [0.15, 0.2) is 0 Å². The largest absolute Gasteiger partial charge is 0.337 e. The average Bonchev–Trinajstić information content (AvgIpc) is 3.29. The molecule has 7 nitrogen and oxygen atoms in total. The van der Waals surface area contributed by atoms with E-state index in [2.05, 4.69) is 27.8 Å². The monoisotopic (exact) mass is 447 g/mol. The van der Waals surface area contributed by atoms with Gasteiger partial charge in [-0.05, 0) is 66.6 Å². The van der Waals surface area contributed by atoms with E-state index in [-0.39, 0.29) is 23.6 Å². The van der Waals surface area contributed by atoms with E-state index in [0.29, 0.717) is 25.2 Å². The fourth-order valence-electron chi connectivity index (χ4n) is 4.94. The lowest BCUT2D eigenvalue weighted by Gasteiger charge is -2.36. The maximum atomic E-state index is 13.5. The standard InChI is InChI=1S/C25H26FN5O2/c1-15-5-10-22-20(13-27-30-22)23(15)24(32)31-12-11-19-16(14-31)3-2-4-21(19)29-25(33)28-18-8-6-17(26)7-9-18/h2-4,6-9,13,15,23H,5,10-12,14H2,1H3,(H,27,30)(H2,28,29,33). The van der Waals surface area contributed by atoms with Crippen LogP contribution in [0.25, 0.3) is 0 Å². The van der Waals surface area contributed by atoms with Gasteiger partial charge in [0.1, 0.15) is 5.82 Å². The number of nitrogens with zero attached hydrogens (tertiary/aromatic N) is 2. The van der Waals surface area contributed by atoms with Crippen molar-refractivity contribution in [3.8, 4) is 0 Å². The summed E-state index contributed by atoms with van der Waals surface area (Å²) in [4.78, 5) is 27.9. The summed E-state index contributed by atoms with van der Waals surface area (Å²) in [6.07, 6.45) is 4.35. The molecule has 2 unspecified atom stereocenters. The number of aromatic nitrogens is 2. The molecule has 0 bridgehead atoms. The number of H-pyrrole nitrogens is 1. The summed E-state index contributed by atoms with van der Waals surface area (Å²) < 4.78 is 13.1. The lowest BCUT2D eigenvalue weighted by molar-refractivity contribution is -0.135. The van der Waals surface area contributed by atoms with Crippen LogP contribution in [0.1, 0.15) is 41.6 Å². The second kappa shape index (κ2) is 8.69. The van der Waals surface area contributed by atoms with Gasteiger partial charge in [0.05, 0.1) is 12.1 Å². The molecule has 0 saturated heterocycles. The van der Waals surface area contributed by atoms with Gasteiger partial charge in [-0.3, -0.25) is 9.89 Å². The summed E-state index contributed by atoms with van der Waals surface area (Å²) in [7, 11) is 0. The van der Waals surface area contributed by atoms with Gasteiger partial charge in [-0.15, -0.1) is 0 Å². The Hall–Kier alpha value is -3.68. The molecule has 33 heavy (non-hydrogen) atoms. The molecule has 1 aromatic heterocycles. The molecule has 0 radical (unpaired) electrons. The molecule has 0 fully saturated rings. The van der Waals surface area contributed by atoms with Crippen LogP contribution in [0.15, 0.2) is 48.7 Å². The number of fused-ring (bicyclic) bond motifs is 2. The third kappa shape index (κ3) is 4.20. The highest BCUT2D eigenvalue weighted by Gasteiger charge is 2.37. The molecule has 3 amide bonds. The van der Waals surface area contributed by atoms with Crippen LogP contribution in [-0.4, -0.2) is 33.6 Å². The van der Waals surface area contributed by atoms with Crippen LogP contribution in [0.4, 0.5) is 20.6 Å². The number of hydrogen-bond acceptors (Lipinski definition) is 3. The van der Waals surface area contributed by atoms with Crippen LogP contribution >= 0.6 is 0 Å². The van der Waals surface area contributed by atoms with E-state index in [1.54, 1.807) is 6.20 Å². The van der Waals surface area contributed by atoms with Crippen molar-refractivity contribution in [2.75, 3.05) is 17.2 Å². The Morgan fingerprint density at radius 2 is 1.94 bits per heavy atom. The molecule has 3 N–H and O–H groups in total. The molecule has 0 spiro atoms. The Morgan fingerprint density at radius 1 is 1.12 bits per heavy atom. The average molecular weight is 448 g/mol. The SMILES string of the molecule is CC1CCc2[nH]ncc2C1C(=O)N1CCc2c(cccc2NC(=O)Nc2ccc(F)cc2)C1. The van der Waals surface area contributed by atoms with Crippen molar-refractivity contribution in [2.45, 2.75) is 38.6 Å². The third-order valence-electron chi connectivity index (χ3n) is 6.70. The molecule has 0 saturated carbocycles. The van der Waals surface area contributed by atoms with E-state index in [0.717, 1.165) is 40.9 Å². The number of benzene rings is 2. The zero-order chi connectivity index (χ0) is 22.9. The van der Waals surface area contributed by atoms with E-state index >= 15 is 0 Å². The molecule has 8 heteroatoms. The number of aryl methyl sites for hydroxylation is 1. The maximum Gasteiger partial charge on any atom is 0.323 e. The molecule has 5 rings (SSSR count). The fourth-order valence-corrected chi connectivity index (χ4v) is 4.94. The van der Waals surface area contributed by atoms with Crippen molar-refractivity contribution in [1.29, 1.82) is 0 Å². The van der Waals surface area contributed by atoms with Gasteiger partial charge in [0.25, 0.3) is 0 Å². The summed E-state index contributed by atoms with van der Waals surface area (Å²) in [5.74, 6) is -0.115. The molecule has 2 aromatic carbocycles. The second-order valence-corrected chi connectivity index (χ2v) is 8.84. The number of halogens is 1. The van der Waals surface area contributed by atoms with Crippen LogP contribution in [0, 0.1) is 11.7 Å². The first kappa shape index (κ1) is 21.2. The molecule has 1 aliphatic carbocycles. The van der Waals surface area contributed by atoms with E-state index in [4.69, 9.17) is 0 Å². The van der Waals surface area contributed by atoms with Gasteiger partial charge in [-0.2, -0.15) is 5.10 Å². The first-order valence-electron chi connectivity index (χ1n) is 11.2. The Morgan fingerprint density at radius 3 is 2.76 bits per heavy atom. The highest BCUT2D eigenvalue weighted by molar-refractivity contribution is 6.00. The minimum Gasteiger partial charge on any atom is -0.337 e. The Kier molecular flexibility index (Phi) is 5.58. The van der Waals surface area contributed by atoms with E-state index in [1.807, 2.05) is 23.1 Å². The minimum absolute atomic E-state index is 0.142. The lowest BCUT2D eigenvalue weighted by Crippen LogP contribution is -2.42.